The zero-order chi connectivity index (χ0) is 12.1. The summed E-state index contributed by atoms with van der Waals surface area (Å²) in [6, 6.07) is 0.846. The summed E-state index contributed by atoms with van der Waals surface area (Å²) in [5.74, 6) is 2.73. The highest BCUT2D eigenvalue weighted by atomic mass is 79.9. The largest absolute Gasteiger partial charge is 0.302 e. The van der Waals surface area contributed by atoms with Gasteiger partial charge in [-0.2, -0.15) is 11.8 Å². The summed E-state index contributed by atoms with van der Waals surface area (Å²) < 4.78 is 0. The van der Waals surface area contributed by atoms with Gasteiger partial charge >= 0.3 is 0 Å². The Morgan fingerprint density at radius 2 is 1.94 bits per heavy atom. The van der Waals surface area contributed by atoms with Crippen molar-refractivity contribution >= 4 is 27.7 Å². The predicted molar refractivity (Wildman–Crippen MR) is 82.3 cm³/mol. The summed E-state index contributed by atoms with van der Waals surface area (Å²) in [6.07, 6.45) is 10.1. The Morgan fingerprint density at radius 1 is 1.24 bits per heavy atom. The van der Waals surface area contributed by atoms with Crippen molar-refractivity contribution in [3.8, 4) is 0 Å². The molecule has 1 aliphatic carbocycles. The van der Waals surface area contributed by atoms with E-state index in [9.17, 15) is 0 Å². The van der Waals surface area contributed by atoms with Gasteiger partial charge in [-0.05, 0) is 37.5 Å². The SMILES string of the molecule is CN(CC1(CBr)CCCCCC1)C1CCSC1. The Labute approximate surface area is 119 Å². The number of alkyl halides is 1. The molecular weight excluding hydrogens is 294 g/mol. The number of rotatable bonds is 4. The van der Waals surface area contributed by atoms with Crippen LogP contribution in [-0.2, 0) is 0 Å². The topological polar surface area (TPSA) is 3.24 Å². The lowest BCUT2D eigenvalue weighted by Gasteiger charge is -2.37. The number of halogens is 1. The monoisotopic (exact) mass is 319 g/mol. The van der Waals surface area contributed by atoms with Gasteiger partial charge in [0.1, 0.15) is 0 Å². The quantitative estimate of drug-likeness (QED) is 0.565. The molecule has 100 valence electrons. The molecule has 2 aliphatic rings. The molecule has 0 aromatic rings. The van der Waals surface area contributed by atoms with Crippen LogP contribution < -0.4 is 0 Å². The first-order valence-electron chi connectivity index (χ1n) is 7.10. The van der Waals surface area contributed by atoms with Crippen molar-refractivity contribution in [1.82, 2.24) is 4.90 Å². The normalized spacial score (nSPS) is 29.5. The maximum Gasteiger partial charge on any atom is 0.0191 e. The molecule has 1 aliphatic heterocycles. The van der Waals surface area contributed by atoms with Crippen molar-refractivity contribution in [2.75, 3.05) is 30.4 Å². The molecule has 0 radical (unpaired) electrons. The second kappa shape index (κ2) is 6.81. The maximum atomic E-state index is 3.81. The summed E-state index contributed by atoms with van der Waals surface area (Å²) in [7, 11) is 2.35. The minimum atomic E-state index is 0.568. The molecule has 1 atom stereocenters. The molecule has 1 heterocycles. The minimum absolute atomic E-state index is 0.568. The Morgan fingerprint density at radius 3 is 2.47 bits per heavy atom. The molecule has 2 fully saturated rings. The van der Waals surface area contributed by atoms with Crippen molar-refractivity contribution < 1.29 is 0 Å². The Bertz CT molecular complexity index is 220. The van der Waals surface area contributed by atoms with Gasteiger partial charge in [-0.3, -0.25) is 0 Å². The molecule has 1 saturated carbocycles. The van der Waals surface area contributed by atoms with E-state index in [0.29, 0.717) is 5.41 Å². The fraction of sp³-hybridized carbons (Fsp3) is 1.00. The predicted octanol–water partition coefficient (Wildman–Crippen LogP) is 4.16. The zero-order valence-corrected chi connectivity index (χ0v) is 13.5. The molecule has 0 N–H and O–H groups in total. The van der Waals surface area contributed by atoms with Crippen molar-refractivity contribution in [1.29, 1.82) is 0 Å². The third-order valence-corrected chi connectivity index (χ3v) is 6.90. The van der Waals surface area contributed by atoms with Gasteiger partial charge in [0.15, 0.2) is 0 Å². The van der Waals surface area contributed by atoms with E-state index >= 15 is 0 Å². The first-order valence-corrected chi connectivity index (χ1v) is 9.37. The van der Waals surface area contributed by atoms with Gasteiger partial charge in [0.2, 0.25) is 0 Å². The number of nitrogens with zero attached hydrogens (tertiary/aromatic N) is 1. The average molecular weight is 320 g/mol. The van der Waals surface area contributed by atoms with E-state index in [4.69, 9.17) is 0 Å². The number of hydrogen-bond donors (Lipinski definition) is 0. The van der Waals surface area contributed by atoms with Gasteiger partial charge in [-0.25, -0.2) is 0 Å². The smallest absolute Gasteiger partial charge is 0.0191 e. The Hall–Kier alpha value is 0.790. The van der Waals surface area contributed by atoms with Crippen molar-refractivity contribution in [3.05, 3.63) is 0 Å². The van der Waals surface area contributed by atoms with Crippen LogP contribution in [0.3, 0.4) is 0 Å². The van der Waals surface area contributed by atoms with Crippen LogP contribution in [0.25, 0.3) is 0 Å². The molecule has 2 rings (SSSR count). The average Bonchev–Trinajstić information content (AvgIpc) is 2.78. The molecule has 0 aromatic heterocycles. The van der Waals surface area contributed by atoms with Crippen LogP contribution in [0.4, 0.5) is 0 Å². The van der Waals surface area contributed by atoms with Crippen LogP contribution in [-0.4, -0.2) is 41.4 Å². The second-order valence-electron chi connectivity index (χ2n) is 5.98. The van der Waals surface area contributed by atoms with E-state index in [1.165, 1.54) is 68.3 Å². The van der Waals surface area contributed by atoms with E-state index in [1.54, 1.807) is 0 Å². The fourth-order valence-corrected chi connectivity index (χ4v) is 5.38. The summed E-state index contributed by atoms with van der Waals surface area (Å²) in [5.41, 5.74) is 0.568. The molecular formula is C14H26BrNS. The zero-order valence-electron chi connectivity index (χ0n) is 11.1. The molecule has 0 aromatic carbocycles. The van der Waals surface area contributed by atoms with E-state index < -0.39 is 0 Å². The lowest BCUT2D eigenvalue weighted by atomic mass is 9.81. The third kappa shape index (κ3) is 3.87. The lowest BCUT2D eigenvalue weighted by molar-refractivity contribution is 0.146. The van der Waals surface area contributed by atoms with E-state index in [0.717, 1.165) is 6.04 Å². The molecule has 1 saturated heterocycles. The lowest BCUT2D eigenvalue weighted by Crippen LogP contribution is -2.42. The van der Waals surface area contributed by atoms with Gasteiger partial charge in [0, 0.05) is 23.7 Å². The third-order valence-electron chi connectivity index (χ3n) is 4.56. The summed E-state index contributed by atoms with van der Waals surface area (Å²) in [5, 5.41) is 1.20. The molecule has 17 heavy (non-hydrogen) atoms. The van der Waals surface area contributed by atoms with Crippen LogP contribution in [0, 0.1) is 5.41 Å². The summed E-state index contributed by atoms with van der Waals surface area (Å²) >= 11 is 5.94. The van der Waals surface area contributed by atoms with E-state index in [2.05, 4.69) is 39.6 Å². The Balaban J connectivity index is 1.92. The highest BCUT2D eigenvalue weighted by Gasteiger charge is 2.33. The van der Waals surface area contributed by atoms with Crippen molar-refractivity contribution in [2.45, 2.75) is 51.0 Å². The van der Waals surface area contributed by atoms with Crippen molar-refractivity contribution in [2.24, 2.45) is 5.41 Å². The first-order chi connectivity index (χ1) is 8.26. The van der Waals surface area contributed by atoms with Crippen LogP contribution in [0.5, 0.6) is 0 Å². The molecule has 1 unspecified atom stereocenters. The van der Waals surface area contributed by atoms with E-state index in [-0.39, 0.29) is 0 Å². The van der Waals surface area contributed by atoms with Gasteiger partial charge < -0.3 is 4.90 Å². The van der Waals surface area contributed by atoms with E-state index in [1.807, 2.05) is 0 Å². The standard InChI is InChI=1S/C14H26BrNS/c1-16(13-6-9-17-10-13)12-14(11-15)7-4-2-3-5-8-14/h13H,2-12H2,1H3. The Kier molecular flexibility index (Phi) is 5.69. The molecule has 0 bridgehead atoms. The number of thioether (sulfide) groups is 1. The highest BCUT2D eigenvalue weighted by molar-refractivity contribution is 9.09. The summed E-state index contributed by atoms with van der Waals surface area (Å²) in [6.45, 7) is 1.31. The number of hydrogen-bond acceptors (Lipinski definition) is 2. The van der Waals surface area contributed by atoms with Crippen LogP contribution in [0.15, 0.2) is 0 Å². The van der Waals surface area contributed by atoms with Gasteiger partial charge in [-0.15, -0.1) is 0 Å². The first kappa shape index (κ1) is 14.2. The molecule has 3 heteroatoms. The van der Waals surface area contributed by atoms with Gasteiger partial charge in [0.05, 0.1) is 0 Å². The molecule has 1 nitrogen and oxygen atoms in total. The van der Waals surface area contributed by atoms with Crippen LogP contribution in [0.1, 0.15) is 44.9 Å². The fourth-order valence-electron chi connectivity index (χ4n) is 3.34. The van der Waals surface area contributed by atoms with Crippen LogP contribution >= 0.6 is 27.7 Å². The maximum absolute atomic E-state index is 3.81. The second-order valence-corrected chi connectivity index (χ2v) is 7.69. The summed E-state index contributed by atoms with van der Waals surface area (Å²) in [4.78, 5) is 2.66. The van der Waals surface area contributed by atoms with Gasteiger partial charge in [-0.1, -0.05) is 41.6 Å². The minimum Gasteiger partial charge on any atom is -0.302 e. The molecule has 0 amide bonds. The van der Waals surface area contributed by atoms with Crippen molar-refractivity contribution in [3.63, 3.8) is 0 Å². The van der Waals surface area contributed by atoms with Crippen LogP contribution in [0.2, 0.25) is 0 Å². The highest BCUT2D eigenvalue weighted by Crippen LogP contribution is 2.38. The molecule has 0 spiro atoms. The van der Waals surface area contributed by atoms with Gasteiger partial charge in [0.25, 0.3) is 0 Å².